The molecule has 0 aliphatic carbocycles. The fourth-order valence-electron chi connectivity index (χ4n) is 1.16. The summed E-state index contributed by atoms with van der Waals surface area (Å²) in [6.45, 7) is 0.132. The molecule has 1 aromatic heterocycles. The molecule has 1 heterocycles. The summed E-state index contributed by atoms with van der Waals surface area (Å²) in [6, 6.07) is 4.13. The molecule has 2 aromatic rings. The summed E-state index contributed by atoms with van der Waals surface area (Å²) < 4.78 is 13.5. The number of aromatic amines is 1. The number of aromatic nitrogens is 4. The maximum absolute atomic E-state index is 13.2. The van der Waals surface area contributed by atoms with Gasteiger partial charge in [-0.05, 0) is 34.1 Å². The second kappa shape index (κ2) is 5.00. The molecule has 0 radical (unpaired) electrons. The first-order chi connectivity index (χ1) is 8.16. The van der Waals surface area contributed by atoms with Crippen LogP contribution in [0.1, 0.15) is 16.2 Å². The predicted octanol–water partition coefficient (Wildman–Crippen LogP) is 1.03. The molecule has 0 spiro atoms. The van der Waals surface area contributed by atoms with Gasteiger partial charge in [-0.25, -0.2) is 4.39 Å². The van der Waals surface area contributed by atoms with Gasteiger partial charge in [-0.1, -0.05) is 5.21 Å². The molecule has 0 unspecified atom stereocenters. The Labute approximate surface area is 104 Å². The van der Waals surface area contributed by atoms with Crippen molar-refractivity contribution in [3.05, 3.63) is 39.9 Å². The van der Waals surface area contributed by atoms with E-state index in [0.29, 0.717) is 10.3 Å². The molecular weight excluding hydrogens is 293 g/mol. The van der Waals surface area contributed by atoms with Crippen molar-refractivity contribution in [2.24, 2.45) is 0 Å². The first kappa shape index (κ1) is 11.6. The normalized spacial score (nSPS) is 10.2. The summed E-state index contributed by atoms with van der Waals surface area (Å²) in [5.74, 6) is -0.533. The van der Waals surface area contributed by atoms with Crippen LogP contribution in [-0.2, 0) is 6.54 Å². The molecule has 0 aliphatic heterocycles. The number of tetrazole rings is 1. The zero-order valence-corrected chi connectivity index (χ0v) is 10.0. The summed E-state index contributed by atoms with van der Waals surface area (Å²) in [4.78, 5) is 11.6. The van der Waals surface area contributed by atoms with Crippen LogP contribution in [0.5, 0.6) is 0 Å². The Morgan fingerprint density at radius 1 is 1.53 bits per heavy atom. The molecule has 0 aliphatic rings. The first-order valence-electron chi connectivity index (χ1n) is 4.62. The van der Waals surface area contributed by atoms with E-state index in [4.69, 9.17) is 0 Å². The lowest BCUT2D eigenvalue weighted by Gasteiger charge is -2.03. The van der Waals surface area contributed by atoms with E-state index in [0.717, 1.165) is 6.07 Å². The van der Waals surface area contributed by atoms with E-state index in [9.17, 15) is 9.18 Å². The number of benzene rings is 1. The summed E-state index contributed by atoms with van der Waals surface area (Å²) in [6.07, 6.45) is 0. The Balaban J connectivity index is 2.02. The molecule has 0 fully saturated rings. The van der Waals surface area contributed by atoms with Crippen LogP contribution in [0.2, 0.25) is 0 Å². The summed E-state index contributed by atoms with van der Waals surface area (Å²) in [7, 11) is 0. The van der Waals surface area contributed by atoms with E-state index in [2.05, 4.69) is 41.9 Å². The smallest absolute Gasteiger partial charge is 0.251 e. The molecular formula is C9H7BrFN5O. The van der Waals surface area contributed by atoms with E-state index in [1.807, 2.05) is 0 Å². The minimum atomic E-state index is -0.489. The van der Waals surface area contributed by atoms with Crippen LogP contribution in [0.3, 0.4) is 0 Å². The Hall–Kier alpha value is -1.83. The van der Waals surface area contributed by atoms with E-state index >= 15 is 0 Å². The number of nitrogens with zero attached hydrogens (tertiary/aromatic N) is 3. The van der Waals surface area contributed by atoms with Gasteiger partial charge in [0.25, 0.3) is 5.91 Å². The average molecular weight is 300 g/mol. The SMILES string of the molecule is O=C(NCc1nn[nH]n1)c1ccc(Br)c(F)c1. The number of halogens is 2. The van der Waals surface area contributed by atoms with Gasteiger partial charge in [0.1, 0.15) is 5.82 Å². The number of carbonyl (C=O) groups is 1. The van der Waals surface area contributed by atoms with Gasteiger partial charge in [0.05, 0.1) is 11.0 Å². The molecule has 6 nitrogen and oxygen atoms in total. The van der Waals surface area contributed by atoms with Crippen molar-refractivity contribution in [3.8, 4) is 0 Å². The van der Waals surface area contributed by atoms with Crippen molar-refractivity contribution in [3.63, 3.8) is 0 Å². The number of nitrogens with one attached hydrogen (secondary N) is 2. The lowest BCUT2D eigenvalue weighted by Crippen LogP contribution is -2.23. The molecule has 0 saturated heterocycles. The molecule has 2 N–H and O–H groups in total. The molecule has 8 heteroatoms. The highest BCUT2D eigenvalue weighted by Crippen LogP contribution is 2.16. The van der Waals surface area contributed by atoms with Gasteiger partial charge in [0, 0.05) is 5.56 Å². The van der Waals surface area contributed by atoms with Gasteiger partial charge in [0.15, 0.2) is 5.82 Å². The van der Waals surface area contributed by atoms with Crippen LogP contribution < -0.4 is 5.32 Å². The standard InChI is InChI=1S/C9H7BrFN5O/c10-6-2-1-5(3-7(6)11)9(17)12-4-8-13-15-16-14-8/h1-3H,4H2,(H,12,17)(H,13,14,15,16). The van der Waals surface area contributed by atoms with Crippen LogP contribution in [0.4, 0.5) is 4.39 Å². The number of carbonyl (C=O) groups excluding carboxylic acids is 1. The van der Waals surface area contributed by atoms with Gasteiger partial charge in [-0.15, -0.1) is 10.2 Å². The Bertz CT molecular complexity index is 530. The van der Waals surface area contributed by atoms with E-state index in [-0.39, 0.29) is 12.1 Å². The van der Waals surface area contributed by atoms with Gasteiger partial charge in [0.2, 0.25) is 0 Å². The van der Waals surface area contributed by atoms with Crippen molar-refractivity contribution in [2.45, 2.75) is 6.54 Å². The molecule has 0 saturated carbocycles. The van der Waals surface area contributed by atoms with Gasteiger partial charge in [-0.2, -0.15) is 5.21 Å². The second-order valence-corrected chi connectivity index (χ2v) is 3.99. The van der Waals surface area contributed by atoms with Crippen molar-refractivity contribution >= 4 is 21.8 Å². The minimum Gasteiger partial charge on any atom is -0.345 e. The van der Waals surface area contributed by atoms with Crippen LogP contribution in [-0.4, -0.2) is 26.5 Å². The van der Waals surface area contributed by atoms with Crippen molar-refractivity contribution < 1.29 is 9.18 Å². The number of rotatable bonds is 3. The third kappa shape index (κ3) is 2.84. The zero-order chi connectivity index (χ0) is 12.3. The maximum Gasteiger partial charge on any atom is 0.251 e. The van der Waals surface area contributed by atoms with E-state index in [1.165, 1.54) is 12.1 Å². The van der Waals surface area contributed by atoms with E-state index < -0.39 is 11.7 Å². The predicted molar refractivity (Wildman–Crippen MR) is 59.4 cm³/mol. The Morgan fingerprint density at radius 2 is 2.35 bits per heavy atom. The molecule has 1 amide bonds. The third-order valence-electron chi connectivity index (χ3n) is 1.98. The zero-order valence-electron chi connectivity index (χ0n) is 8.44. The third-order valence-corrected chi connectivity index (χ3v) is 2.62. The Kier molecular flexibility index (Phi) is 3.43. The van der Waals surface area contributed by atoms with Gasteiger partial charge < -0.3 is 5.32 Å². The molecule has 0 bridgehead atoms. The minimum absolute atomic E-state index is 0.132. The van der Waals surface area contributed by atoms with Crippen LogP contribution in [0, 0.1) is 5.82 Å². The second-order valence-electron chi connectivity index (χ2n) is 3.14. The average Bonchev–Trinajstić information content (AvgIpc) is 2.82. The number of hydrogen-bond acceptors (Lipinski definition) is 4. The molecule has 1 aromatic carbocycles. The fraction of sp³-hybridized carbons (Fsp3) is 0.111. The van der Waals surface area contributed by atoms with Gasteiger partial charge in [-0.3, -0.25) is 4.79 Å². The number of hydrogen-bond donors (Lipinski definition) is 2. The summed E-state index contributed by atoms with van der Waals surface area (Å²) in [5.41, 5.74) is 0.231. The largest absolute Gasteiger partial charge is 0.345 e. The highest BCUT2D eigenvalue weighted by Gasteiger charge is 2.09. The summed E-state index contributed by atoms with van der Waals surface area (Å²) >= 11 is 3.01. The quantitative estimate of drug-likeness (QED) is 0.887. The monoisotopic (exact) mass is 299 g/mol. The summed E-state index contributed by atoms with van der Waals surface area (Å²) in [5, 5.41) is 15.5. The van der Waals surface area contributed by atoms with Gasteiger partial charge >= 0.3 is 0 Å². The molecule has 17 heavy (non-hydrogen) atoms. The maximum atomic E-state index is 13.2. The topological polar surface area (TPSA) is 83.6 Å². The van der Waals surface area contributed by atoms with Crippen molar-refractivity contribution in [1.82, 2.24) is 25.9 Å². The highest BCUT2D eigenvalue weighted by atomic mass is 79.9. The highest BCUT2D eigenvalue weighted by molar-refractivity contribution is 9.10. The van der Waals surface area contributed by atoms with Crippen molar-refractivity contribution in [2.75, 3.05) is 0 Å². The first-order valence-corrected chi connectivity index (χ1v) is 5.41. The number of H-pyrrole nitrogens is 1. The number of amides is 1. The van der Waals surface area contributed by atoms with Crippen molar-refractivity contribution in [1.29, 1.82) is 0 Å². The van der Waals surface area contributed by atoms with Crippen LogP contribution >= 0.6 is 15.9 Å². The van der Waals surface area contributed by atoms with E-state index in [1.54, 1.807) is 0 Å². The molecule has 2 rings (SSSR count). The van der Waals surface area contributed by atoms with Crippen LogP contribution in [0.15, 0.2) is 22.7 Å². The molecule has 0 atom stereocenters. The van der Waals surface area contributed by atoms with Crippen LogP contribution in [0.25, 0.3) is 0 Å². The Morgan fingerprint density at radius 3 is 3.00 bits per heavy atom. The molecule has 88 valence electrons. The lowest BCUT2D eigenvalue weighted by atomic mass is 10.2. The lowest BCUT2D eigenvalue weighted by molar-refractivity contribution is 0.0949. The fourth-order valence-corrected chi connectivity index (χ4v) is 1.40.